The first kappa shape index (κ1) is 22.8. The van der Waals surface area contributed by atoms with Crippen molar-refractivity contribution in [2.24, 2.45) is 5.92 Å². The number of aromatic amines is 1. The molecule has 0 spiro atoms. The number of aromatic nitrogens is 5. The highest BCUT2D eigenvalue weighted by Crippen LogP contribution is 2.37. The molecule has 188 valence electrons. The van der Waals surface area contributed by atoms with E-state index in [4.69, 9.17) is 13.9 Å². The molecule has 0 amide bonds. The fraction of sp³-hybridized carbons (Fsp3) is 0.462. The first-order valence-corrected chi connectivity index (χ1v) is 12.6. The third kappa shape index (κ3) is 4.26. The highest BCUT2D eigenvalue weighted by Gasteiger charge is 2.33. The second kappa shape index (κ2) is 9.42. The van der Waals surface area contributed by atoms with E-state index in [1.807, 2.05) is 35.0 Å². The highest BCUT2D eigenvalue weighted by atomic mass is 16.7. The van der Waals surface area contributed by atoms with Crippen LogP contribution in [-0.4, -0.2) is 36.9 Å². The summed E-state index contributed by atoms with van der Waals surface area (Å²) in [6.07, 6.45) is 6.23. The van der Waals surface area contributed by atoms with Gasteiger partial charge >= 0.3 is 0 Å². The van der Waals surface area contributed by atoms with E-state index in [0.29, 0.717) is 36.2 Å². The Morgan fingerprint density at radius 3 is 2.69 bits per heavy atom. The van der Waals surface area contributed by atoms with Gasteiger partial charge in [-0.2, -0.15) is 0 Å². The van der Waals surface area contributed by atoms with Crippen molar-refractivity contribution in [2.45, 2.75) is 64.7 Å². The number of pyridine rings is 1. The van der Waals surface area contributed by atoms with Gasteiger partial charge in [-0.1, -0.05) is 26.7 Å². The molecule has 1 unspecified atom stereocenters. The summed E-state index contributed by atoms with van der Waals surface area (Å²) in [5.74, 6) is 3.18. The topological polar surface area (TPSA) is 111 Å². The monoisotopic (exact) mass is 490 g/mol. The van der Waals surface area contributed by atoms with Crippen LogP contribution in [0.1, 0.15) is 68.8 Å². The third-order valence-electron chi connectivity index (χ3n) is 7.21. The van der Waals surface area contributed by atoms with Gasteiger partial charge in [0.1, 0.15) is 5.76 Å². The van der Waals surface area contributed by atoms with Gasteiger partial charge in [0.25, 0.3) is 5.56 Å². The van der Waals surface area contributed by atoms with E-state index in [-0.39, 0.29) is 24.3 Å². The van der Waals surface area contributed by atoms with Gasteiger partial charge in [-0.3, -0.25) is 9.69 Å². The Labute approximate surface area is 208 Å². The molecule has 1 aromatic carbocycles. The Kier molecular flexibility index (Phi) is 5.96. The molecular formula is C26H30N6O4. The first-order valence-electron chi connectivity index (χ1n) is 12.6. The number of rotatable bonds is 8. The summed E-state index contributed by atoms with van der Waals surface area (Å²) in [6, 6.07) is 9.70. The van der Waals surface area contributed by atoms with E-state index in [1.165, 1.54) is 12.8 Å². The number of fused-ring (bicyclic) bond motifs is 2. The molecule has 4 heterocycles. The lowest BCUT2D eigenvalue weighted by Crippen LogP contribution is -2.35. The zero-order valence-corrected chi connectivity index (χ0v) is 20.5. The summed E-state index contributed by atoms with van der Waals surface area (Å²) in [4.78, 5) is 18.5. The van der Waals surface area contributed by atoms with Gasteiger partial charge in [-0.15, -0.1) is 5.10 Å². The van der Waals surface area contributed by atoms with Crippen LogP contribution in [0.25, 0.3) is 10.9 Å². The average Bonchev–Trinajstić information content (AvgIpc) is 3.65. The van der Waals surface area contributed by atoms with Gasteiger partial charge in [-0.25, -0.2) is 4.68 Å². The Morgan fingerprint density at radius 2 is 1.94 bits per heavy atom. The van der Waals surface area contributed by atoms with Crippen molar-refractivity contribution < 1.29 is 13.9 Å². The molecule has 0 saturated heterocycles. The molecular weight excluding hydrogens is 460 g/mol. The van der Waals surface area contributed by atoms with E-state index >= 15 is 0 Å². The molecule has 1 fully saturated rings. The molecule has 0 bridgehead atoms. The Bertz CT molecular complexity index is 1400. The summed E-state index contributed by atoms with van der Waals surface area (Å²) in [5, 5.41) is 13.9. The fourth-order valence-electron chi connectivity index (χ4n) is 5.52. The van der Waals surface area contributed by atoms with Crippen LogP contribution in [0.15, 0.2) is 45.8 Å². The number of benzene rings is 1. The van der Waals surface area contributed by atoms with Crippen molar-refractivity contribution in [3.05, 3.63) is 64.1 Å². The van der Waals surface area contributed by atoms with Crippen molar-refractivity contribution in [3.63, 3.8) is 0 Å². The highest BCUT2D eigenvalue weighted by molar-refractivity contribution is 5.83. The van der Waals surface area contributed by atoms with Crippen LogP contribution in [-0.2, 0) is 13.1 Å². The molecule has 10 nitrogen and oxygen atoms in total. The van der Waals surface area contributed by atoms with Gasteiger partial charge in [0.2, 0.25) is 6.79 Å². The van der Waals surface area contributed by atoms with Crippen molar-refractivity contribution in [2.75, 3.05) is 6.79 Å². The van der Waals surface area contributed by atoms with Gasteiger partial charge in [0.05, 0.1) is 30.4 Å². The van der Waals surface area contributed by atoms with Crippen LogP contribution < -0.4 is 15.0 Å². The van der Waals surface area contributed by atoms with E-state index in [2.05, 4.69) is 39.3 Å². The van der Waals surface area contributed by atoms with Crippen LogP contribution in [0.3, 0.4) is 0 Å². The molecule has 10 heteroatoms. The maximum Gasteiger partial charge on any atom is 0.252 e. The number of hydrogen-bond acceptors (Lipinski definition) is 8. The number of hydrogen-bond donors (Lipinski definition) is 1. The lowest BCUT2D eigenvalue weighted by molar-refractivity contribution is 0.114. The van der Waals surface area contributed by atoms with Crippen LogP contribution >= 0.6 is 0 Å². The SMILES string of the molecule is CC(C)C(c1nnnn1C1CCCC1)N(Cc1ccco1)Cc1cc2cc3c(cc2[nH]c1=O)OCO3. The molecule has 2 aliphatic rings. The largest absolute Gasteiger partial charge is 0.468 e. The standard InChI is InChI=1S/C26H30N6O4/c1-16(2)24(25-28-29-30-32(25)19-6-3-4-7-19)31(14-20-8-5-9-34-20)13-18-10-17-11-22-23(36-15-35-22)12-21(17)27-26(18)33/h5,8-12,16,19,24H,3-4,6-7,13-15H2,1-2H3,(H,27,33). The van der Waals surface area contributed by atoms with Gasteiger partial charge < -0.3 is 18.9 Å². The van der Waals surface area contributed by atoms with Crippen molar-refractivity contribution in [1.82, 2.24) is 30.1 Å². The number of furan rings is 1. The Hall–Kier alpha value is -3.66. The van der Waals surface area contributed by atoms with Crippen LogP contribution in [0.4, 0.5) is 0 Å². The van der Waals surface area contributed by atoms with Crippen molar-refractivity contribution in [1.29, 1.82) is 0 Å². The van der Waals surface area contributed by atoms with Gasteiger partial charge in [0, 0.05) is 23.6 Å². The van der Waals surface area contributed by atoms with Gasteiger partial charge in [-0.05, 0) is 53.5 Å². The predicted octanol–water partition coefficient (Wildman–Crippen LogP) is 4.35. The minimum Gasteiger partial charge on any atom is -0.468 e. The number of nitrogens with one attached hydrogen (secondary N) is 1. The molecule has 1 N–H and O–H groups in total. The summed E-state index contributed by atoms with van der Waals surface area (Å²) in [7, 11) is 0. The minimum absolute atomic E-state index is 0.113. The molecule has 4 aromatic rings. The average molecular weight is 491 g/mol. The van der Waals surface area contributed by atoms with E-state index in [1.54, 1.807) is 6.26 Å². The van der Waals surface area contributed by atoms with Crippen LogP contribution in [0.2, 0.25) is 0 Å². The number of tetrazole rings is 1. The normalized spacial score (nSPS) is 16.6. The summed E-state index contributed by atoms with van der Waals surface area (Å²) in [5.41, 5.74) is 1.23. The lowest BCUT2D eigenvalue weighted by atomic mass is 9.99. The second-order valence-corrected chi connectivity index (χ2v) is 10.0. The quantitative estimate of drug-likeness (QED) is 0.388. The molecule has 3 aromatic heterocycles. The van der Waals surface area contributed by atoms with Crippen molar-refractivity contribution >= 4 is 10.9 Å². The smallest absolute Gasteiger partial charge is 0.252 e. The third-order valence-corrected chi connectivity index (χ3v) is 7.21. The van der Waals surface area contributed by atoms with E-state index in [0.717, 1.165) is 35.3 Å². The Morgan fingerprint density at radius 1 is 1.14 bits per heavy atom. The predicted molar refractivity (Wildman–Crippen MR) is 132 cm³/mol. The molecule has 0 radical (unpaired) electrons. The summed E-state index contributed by atoms with van der Waals surface area (Å²) < 4.78 is 18.7. The van der Waals surface area contributed by atoms with Gasteiger partial charge in [0.15, 0.2) is 17.3 Å². The zero-order chi connectivity index (χ0) is 24.6. The lowest BCUT2D eigenvalue weighted by Gasteiger charge is -2.33. The Balaban J connectivity index is 1.39. The molecule has 1 saturated carbocycles. The molecule has 36 heavy (non-hydrogen) atoms. The number of ether oxygens (including phenoxy) is 2. The second-order valence-electron chi connectivity index (χ2n) is 10.0. The fourth-order valence-corrected chi connectivity index (χ4v) is 5.52. The molecule has 1 atom stereocenters. The maximum atomic E-state index is 13.2. The zero-order valence-electron chi connectivity index (χ0n) is 20.5. The number of nitrogens with zero attached hydrogens (tertiary/aromatic N) is 5. The van der Waals surface area contributed by atoms with E-state index in [9.17, 15) is 4.79 Å². The summed E-state index contributed by atoms with van der Waals surface area (Å²) in [6.45, 7) is 5.44. The minimum atomic E-state index is -0.135. The molecule has 6 rings (SSSR count). The summed E-state index contributed by atoms with van der Waals surface area (Å²) >= 11 is 0. The van der Waals surface area contributed by atoms with Crippen molar-refractivity contribution in [3.8, 4) is 11.5 Å². The first-order chi connectivity index (χ1) is 17.6. The maximum absolute atomic E-state index is 13.2. The van der Waals surface area contributed by atoms with Crippen LogP contribution in [0.5, 0.6) is 11.5 Å². The number of H-pyrrole nitrogens is 1. The molecule has 1 aliphatic carbocycles. The van der Waals surface area contributed by atoms with Crippen LogP contribution in [0, 0.1) is 5.92 Å². The van der Waals surface area contributed by atoms with E-state index < -0.39 is 0 Å². The molecule has 1 aliphatic heterocycles.